The predicted molar refractivity (Wildman–Crippen MR) is 80.1 cm³/mol. The molecular weight excluding hydrogens is 280 g/mol. The van der Waals surface area contributed by atoms with E-state index in [4.69, 9.17) is 24.9 Å². The van der Waals surface area contributed by atoms with E-state index >= 15 is 0 Å². The average Bonchev–Trinajstić information content (AvgIpc) is 2.35. The van der Waals surface area contributed by atoms with Gasteiger partial charge in [-0.3, -0.25) is 14.4 Å². The first-order chi connectivity index (χ1) is 9.63. The highest BCUT2D eigenvalue weighted by Gasteiger charge is 2.04. The van der Waals surface area contributed by atoms with Crippen molar-refractivity contribution in [2.45, 2.75) is 66.9 Å². The third-order valence-electron chi connectivity index (χ3n) is 1.37. The van der Waals surface area contributed by atoms with E-state index in [2.05, 4.69) is 11.7 Å². The second-order valence-electron chi connectivity index (χ2n) is 3.64. The van der Waals surface area contributed by atoms with Crippen LogP contribution in [-0.2, 0) is 19.1 Å². The first kappa shape index (κ1) is 27.7. The van der Waals surface area contributed by atoms with Crippen LogP contribution < -0.4 is 0 Å². The van der Waals surface area contributed by atoms with Gasteiger partial charge in [-0.2, -0.15) is 0 Å². The van der Waals surface area contributed by atoms with Crippen LogP contribution in [0.5, 0.6) is 0 Å². The Morgan fingerprint density at radius 2 is 1.33 bits per heavy atom. The molecular formula is C14H30O7. The summed E-state index contributed by atoms with van der Waals surface area (Å²) in [5, 5.41) is 24.0. The fourth-order valence-electron chi connectivity index (χ4n) is 0.737. The van der Waals surface area contributed by atoms with Gasteiger partial charge in [0.15, 0.2) is 0 Å². The Labute approximate surface area is 126 Å². The lowest BCUT2D eigenvalue weighted by Crippen LogP contribution is -2.16. The Morgan fingerprint density at radius 1 is 1.00 bits per heavy atom. The summed E-state index contributed by atoms with van der Waals surface area (Å²) in [6.45, 7) is 9.69. The van der Waals surface area contributed by atoms with Crippen LogP contribution in [0.25, 0.3) is 0 Å². The largest absolute Gasteiger partial charge is 0.481 e. The van der Waals surface area contributed by atoms with Gasteiger partial charge in [0.2, 0.25) is 0 Å². The summed E-state index contributed by atoms with van der Waals surface area (Å²) >= 11 is 0. The number of ether oxygens (including phenoxy) is 1. The van der Waals surface area contributed by atoms with E-state index in [1.165, 1.54) is 6.92 Å². The van der Waals surface area contributed by atoms with E-state index in [0.29, 0.717) is 6.42 Å². The summed E-state index contributed by atoms with van der Waals surface area (Å²) in [5.74, 6) is -2.00. The molecule has 0 aliphatic carbocycles. The minimum absolute atomic E-state index is 0.134. The lowest BCUT2D eigenvalue weighted by molar-refractivity contribution is -0.144. The van der Waals surface area contributed by atoms with E-state index in [9.17, 15) is 4.79 Å². The molecule has 0 radical (unpaired) electrons. The monoisotopic (exact) mass is 310 g/mol. The summed E-state index contributed by atoms with van der Waals surface area (Å²) < 4.78 is 4.61. The second-order valence-corrected chi connectivity index (χ2v) is 3.64. The number of hydrogen-bond acceptors (Lipinski definition) is 5. The maximum atomic E-state index is 10.3. The average molecular weight is 310 g/mol. The summed E-state index contributed by atoms with van der Waals surface area (Å²) in [5.41, 5.74) is 0. The molecule has 0 aromatic heterocycles. The predicted octanol–water partition coefficient (Wildman–Crippen LogP) is 2.31. The number of carboxylic acid groups (broad SMARTS) is 2. The standard InChI is InChI=1S/C8H16O3.2C2H4O2.C2H6/c1-3-4-5-8(10)6-11-7(2)9;2*1-2(3)4;1-2/h8,10H,3-6H2,1-2H3;2*1H3,(H,3,4);1-2H3. The van der Waals surface area contributed by atoms with Gasteiger partial charge in [0, 0.05) is 20.8 Å². The van der Waals surface area contributed by atoms with Gasteiger partial charge < -0.3 is 20.1 Å². The van der Waals surface area contributed by atoms with Crippen LogP contribution in [0.4, 0.5) is 0 Å². The Kier molecular flexibility index (Phi) is 30.9. The second kappa shape index (κ2) is 23.5. The molecule has 0 aromatic rings. The van der Waals surface area contributed by atoms with Crippen LogP contribution in [0.15, 0.2) is 0 Å². The van der Waals surface area contributed by atoms with Crippen LogP contribution in [0.2, 0.25) is 0 Å². The third kappa shape index (κ3) is 90.6. The highest BCUT2D eigenvalue weighted by molar-refractivity contribution is 5.65. The van der Waals surface area contributed by atoms with E-state index in [1.54, 1.807) is 0 Å². The van der Waals surface area contributed by atoms with Crippen molar-refractivity contribution in [3.05, 3.63) is 0 Å². The van der Waals surface area contributed by atoms with Crippen molar-refractivity contribution < 1.29 is 34.4 Å². The normalized spacial score (nSPS) is 9.29. The summed E-state index contributed by atoms with van der Waals surface area (Å²) in [6, 6.07) is 0. The molecule has 0 fully saturated rings. The van der Waals surface area contributed by atoms with Crippen molar-refractivity contribution in [2.24, 2.45) is 0 Å². The van der Waals surface area contributed by atoms with Crippen molar-refractivity contribution in [3.63, 3.8) is 0 Å². The van der Waals surface area contributed by atoms with Gasteiger partial charge in [0.05, 0.1) is 6.10 Å². The van der Waals surface area contributed by atoms with Crippen molar-refractivity contribution >= 4 is 17.9 Å². The number of carbonyl (C=O) groups excluding carboxylic acids is 1. The molecule has 0 aliphatic heterocycles. The Hall–Kier alpha value is -1.63. The quantitative estimate of drug-likeness (QED) is 0.666. The zero-order valence-electron chi connectivity index (χ0n) is 13.9. The first-order valence-corrected chi connectivity index (χ1v) is 6.83. The number of hydrogen-bond donors (Lipinski definition) is 3. The molecule has 1 unspecified atom stereocenters. The Bertz CT molecular complexity index is 232. The molecule has 128 valence electrons. The molecule has 21 heavy (non-hydrogen) atoms. The molecule has 0 saturated carbocycles. The van der Waals surface area contributed by atoms with Gasteiger partial charge in [0.25, 0.3) is 11.9 Å². The molecule has 1 atom stereocenters. The summed E-state index contributed by atoms with van der Waals surface area (Å²) in [7, 11) is 0. The number of unbranched alkanes of at least 4 members (excludes halogenated alkanes) is 1. The van der Waals surface area contributed by atoms with Crippen LogP contribution in [0, 0.1) is 0 Å². The summed E-state index contributed by atoms with van der Waals surface area (Å²) in [6.07, 6.45) is 2.25. The SMILES string of the molecule is CC.CC(=O)O.CC(=O)O.CCCCC(O)COC(C)=O. The van der Waals surface area contributed by atoms with Gasteiger partial charge in [-0.05, 0) is 6.42 Å². The minimum atomic E-state index is -0.833. The van der Waals surface area contributed by atoms with Gasteiger partial charge >= 0.3 is 5.97 Å². The number of aliphatic hydroxyl groups is 1. The zero-order chi connectivity index (χ0) is 17.8. The molecule has 0 heterocycles. The van der Waals surface area contributed by atoms with E-state index in [1.807, 2.05) is 13.8 Å². The summed E-state index contributed by atoms with van der Waals surface area (Å²) in [4.78, 5) is 28.3. The van der Waals surface area contributed by atoms with Gasteiger partial charge in [-0.15, -0.1) is 0 Å². The lowest BCUT2D eigenvalue weighted by Gasteiger charge is -2.08. The topological polar surface area (TPSA) is 121 Å². The van der Waals surface area contributed by atoms with Gasteiger partial charge in [0.1, 0.15) is 6.61 Å². The smallest absolute Gasteiger partial charge is 0.302 e. The van der Waals surface area contributed by atoms with Gasteiger partial charge in [-0.25, -0.2) is 0 Å². The fourth-order valence-corrected chi connectivity index (χ4v) is 0.737. The van der Waals surface area contributed by atoms with Gasteiger partial charge in [-0.1, -0.05) is 33.6 Å². The highest BCUT2D eigenvalue weighted by atomic mass is 16.5. The van der Waals surface area contributed by atoms with E-state index < -0.39 is 18.0 Å². The van der Waals surface area contributed by atoms with Crippen LogP contribution in [0.3, 0.4) is 0 Å². The molecule has 7 heteroatoms. The number of carboxylic acids is 2. The number of aliphatic carboxylic acids is 2. The van der Waals surface area contributed by atoms with Crippen LogP contribution in [0.1, 0.15) is 60.8 Å². The Morgan fingerprint density at radius 3 is 1.57 bits per heavy atom. The highest BCUT2D eigenvalue weighted by Crippen LogP contribution is 2.00. The third-order valence-corrected chi connectivity index (χ3v) is 1.37. The first-order valence-electron chi connectivity index (χ1n) is 6.83. The number of rotatable bonds is 5. The molecule has 0 saturated heterocycles. The maximum absolute atomic E-state index is 10.3. The zero-order valence-corrected chi connectivity index (χ0v) is 13.9. The van der Waals surface area contributed by atoms with Crippen molar-refractivity contribution in [3.8, 4) is 0 Å². The fraction of sp³-hybridized carbons (Fsp3) is 0.786. The number of esters is 1. The molecule has 0 bridgehead atoms. The molecule has 0 aromatic carbocycles. The molecule has 3 N–H and O–H groups in total. The van der Waals surface area contributed by atoms with Crippen LogP contribution >= 0.6 is 0 Å². The maximum Gasteiger partial charge on any atom is 0.302 e. The lowest BCUT2D eigenvalue weighted by atomic mass is 10.2. The van der Waals surface area contributed by atoms with Crippen molar-refractivity contribution in [1.82, 2.24) is 0 Å². The minimum Gasteiger partial charge on any atom is -0.481 e. The molecule has 0 spiro atoms. The molecule has 0 amide bonds. The van der Waals surface area contributed by atoms with E-state index in [0.717, 1.165) is 26.7 Å². The number of aliphatic hydroxyl groups excluding tert-OH is 1. The van der Waals surface area contributed by atoms with Crippen molar-refractivity contribution in [2.75, 3.05) is 6.61 Å². The Balaban J connectivity index is -0.000000119. The molecule has 0 rings (SSSR count). The number of carbonyl (C=O) groups is 3. The van der Waals surface area contributed by atoms with Crippen molar-refractivity contribution in [1.29, 1.82) is 0 Å². The van der Waals surface area contributed by atoms with E-state index in [-0.39, 0.29) is 12.6 Å². The molecule has 7 nitrogen and oxygen atoms in total. The molecule has 0 aliphatic rings. The van der Waals surface area contributed by atoms with Crippen LogP contribution in [-0.4, -0.2) is 45.9 Å².